The molecular formula is C12H27N3. The van der Waals surface area contributed by atoms with Crippen molar-refractivity contribution in [1.29, 1.82) is 0 Å². The zero-order valence-corrected chi connectivity index (χ0v) is 10.8. The molecule has 1 aliphatic heterocycles. The molecule has 1 fully saturated rings. The van der Waals surface area contributed by atoms with Crippen LogP contribution in [0.4, 0.5) is 0 Å². The van der Waals surface area contributed by atoms with Gasteiger partial charge < -0.3 is 10.2 Å². The summed E-state index contributed by atoms with van der Waals surface area (Å²) in [6.07, 6.45) is 4.00. The van der Waals surface area contributed by atoms with Crippen LogP contribution in [-0.4, -0.2) is 62.7 Å². The molecule has 0 aliphatic carbocycles. The first-order valence-electron chi connectivity index (χ1n) is 6.24. The van der Waals surface area contributed by atoms with Crippen LogP contribution in [0.3, 0.4) is 0 Å². The molecular weight excluding hydrogens is 186 g/mol. The maximum atomic E-state index is 3.31. The lowest BCUT2D eigenvalue weighted by Gasteiger charge is -2.33. The van der Waals surface area contributed by atoms with Crippen molar-refractivity contribution in [2.75, 3.05) is 40.8 Å². The van der Waals surface area contributed by atoms with E-state index < -0.39 is 0 Å². The summed E-state index contributed by atoms with van der Waals surface area (Å²) in [4.78, 5) is 5.02. The fourth-order valence-corrected chi connectivity index (χ4v) is 2.69. The summed E-state index contributed by atoms with van der Waals surface area (Å²) in [5.74, 6) is 0. The molecule has 0 spiro atoms. The Kier molecular flexibility index (Phi) is 5.58. The average molecular weight is 213 g/mol. The molecule has 0 radical (unpaired) electrons. The van der Waals surface area contributed by atoms with Gasteiger partial charge in [0.05, 0.1) is 0 Å². The van der Waals surface area contributed by atoms with Crippen molar-refractivity contribution in [1.82, 2.24) is 15.1 Å². The highest BCUT2D eigenvalue weighted by molar-refractivity contribution is 4.86. The van der Waals surface area contributed by atoms with Gasteiger partial charge in [-0.2, -0.15) is 0 Å². The SMILES string of the molecule is CCC(CNC)N1CCCC1CN(C)C. The fraction of sp³-hybridized carbons (Fsp3) is 1.00. The lowest BCUT2D eigenvalue weighted by Crippen LogP contribution is -2.47. The minimum absolute atomic E-state index is 0.724. The van der Waals surface area contributed by atoms with Crippen molar-refractivity contribution in [2.24, 2.45) is 0 Å². The minimum Gasteiger partial charge on any atom is -0.318 e. The smallest absolute Gasteiger partial charge is 0.0226 e. The maximum Gasteiger partial charge on any atom is 0.0226 e. The Morgan fingerprint density at radius 3 is 2.73 bits per heavy atom. The molecule has 0 saturated carbocycles. The number of rotatable bonds is 6. The van der Waals surface area contributed by atoms with Gasteiger partial charge in [-0.05, 0) is 47.0 Å². The molecule has 1 aliphatic rings. The van der Waals surface area contributed by atoms with Gasteiger partial charge in [-0.1, -0.05) is 6.92 Å². The quantitative estimate of drug-likeness (QED) is 0.710. The first-order chi connectivity index (χ1) is 7.19. The van der Waals surface area contributed by atoms with Crippen molar-refractivity contribution in [2.45, 2.75) is 38.3 Å². The molecule has 1 N–H and O–H groups in total. The van der Waals surface area contributed by atoms with Gasteiger partial charge in [0.15, 0.2) is 0 Å². The van der Waals surface area contributed by atoms with E-state index in [0.717, 1.165) is 18.6 Å². The molecule has 0 aromatic carbocycles. The van der Waals surface area contributed by atoms with E-state index in [-0.39, 0.29) is 0 Å². The second kappa shape index (κ2) is 6.46. The van der Waals surface area contributed by atoms with E-state index in [2.05, 4.69) is 43.2 Å². The predicted molar refractivity (Wildman–Crippen MR) is 66.3 cm³/mol. The van der Waals surface area contributed by atoms with Gasteiger partial charge in [0.2, 0.25) is 0 Å². The summed E-state index contributed by atoms with van der Waals surface area (Å²) in [5.41, 5.74) is 0. The number of nitrogens with zero attached hydrogens (tertiary/aromatic N) is 2. The third-order valence-electron chi connectivity index (χ3n) is 3.38. The number of nitrogens with one attached hydrogen (secondary N) is 1. The van der Waals surface area contributed by atoms with Gasteiger partial charge in [0.1, 0.15) is 0 Å². The molecule has 2 atom stereocenters. The van der Waals surface area contributed by atoms with Crippen LogP contribution in [0.25, 0.3) is 0 Å². The Morgan fingerprint density at radius 1 is 1.47 bits per heavy atom. The zero-order valence-electron chi connectivity index (χ0n) is 10.8. The van der Waals surface area contributed by atoms with Crippen LogP contribution in [0.15, 0.2) is 0 Å². The molecule has 1 saturated heterocycles. The van der Waals surface area contributed by atoms with E-state index in [1.807, 2.05) is 0 Å². The van der Waals surface area contributed by atoms with Crippen LogP contribution in [0.2, 0.25) is 0 Å². The van der Waals surface area contributed by atoms with Gasteiger partial charge in [0.25, 0.3) is 0 Å². The van der Waals surface area contributed by atoms with Crippen molar-refractivity contribution >= 4 is 0 Å². The van der Waals surface area contributed by atoms with E-state index in [0.29, 0.717) is 0 Å². The molecule has 0 aromatic rings. The van der Waals surface area contributed by atoms with E-state index in [1.54, 1.807) is 0 Å². The molecule has 0 aromatic heterocycles. The van der Waals surface area contributed by atoms with Crippen LogP contribution in [0, 0.1) is 0 Å². The first kappa shape index (κ1) is 12.9. The van der Waals surface area contributed by atoms with E-state index >= 15 is 0 Å². The average Bonchev–Trinajstić information content (AvgIpc) is 2.61. The van der Waals surface area contributed by atoms with E-state index in [1.165, 1.54) is 32.4 Å². The summed E-state index contributed by atoms with van der Waals surface area (Å²) in [6, 6.07) is 1.50. The minimum atomic E-state index is 0.724. The third kappa shape index (κ3) is 3.74. The Labute approximate surface area is 94.8 Å². The predicted octanol–water partition coefficient (Wildman–Crippen LogP) is 1.01. The molecule has 90 valence electrons. The van der Waals surface area contributed by atoms with Crippen molar-refractivity contribution in [3.63, 3.8) is 0 Å². The number of hydrogen-bond acceptors (Lipinski definition) is 3. The summed E-state index contributed by atoms with van der Waals surface area (Å²) in [7, 11) is 6.41. The van der Waals surface area contributed by atoms with Crippen LogP contribution in [0.5, 0.6) is 0 Å². The Morgan fingerprint density at radius 2 is 2.20 bits per heavy atom. The topological polar surface area (TPSA) is 18.5 Å². The number of likely N-dealkylation sites (N-methyl/N-ethyl adjacent to an activating group) is 2. The molecule has 1 rings (SSSR count). The van der Waals surface area contributed by atoms with Gasteiger partial charge >= 0.3 is 0 Å². The van der Waals surface area contributed by atoms with Crippen LogP contribution < -0.4 is 5.32 Å². The normalized spacial score (nSPS) is 25.0. The first-order valence-corrected chi connectivity index (χ1v) is 6.24. The summed E-state index contributed by atoms with van der Waals surface area (Å²) in [6.45, 7) is 5.92. The third-order valence-corrected chi connectivity index (χ3v) is 3.38. The van der Waals surface area contributed by atoms with Crippen LogP contribution >= 0.6 is 0 Å². The fourth-order valence-electron chi connectivity index (χ4n) is 2.69. The van der Waals surface area contributed by atoms with Crippen molar-refractivity contribution < 1.29 is 0 Å². The molecule has 3 heteroatoms. The van der Waals surface area contributed by atoms with Gasteiger partial charge in [-0.15, -0.1) is 0 Å². The van der Waals surface area contributed by atoms with Crippen LogP contribution in [0.1, 0.15) is 26.2 Å². The Hall–Kier alpha value is -0.120. The van der Waals surface area contributed by atoms with Crippen LogP contribution in [-0.2, 0) is 0 Å². The monoisotopic (exact) mass is 213 g/mol. The molecule has 0 amide bonds. The Bertz CT molecular complexity index is 170. The Balaban J connectivity index is 2.49. The van der Waals surface area contributed by atoms with E-state index in [9.17, 15) is 0 Å². The summed E-state index contributed by atoms with van der Waals surface area (Å²) < 4.78 is 0. The highest BCUT2D eigenvalue weighted by atomic mass is 15.2. The zero-order chi connectivity index (χ0) is 11.3. The number of likely N-dealkylation sites (tertiary alicyclic amines) is 1. The highest BCUT2D eigenvalue weighted by Crippen LogP contribution is 2.21. The second-order valence-corrected chi connectivity index (χ2v) is 4.92. The lowest BCUT2D eigenvalue weighted by atomic mass is 10.1. The van der Waals surface area contributed by atoms with Gasteiger partial charge in [-0.3, -0.25) is 4.90 Å². The molecule has 3 nitrogen and oxygen atoms in total. The molecule has 2 unspecified atom stereocenters. The van der Waals surface area contributed by atoms with Gasteiger partial charge in [-0.25, -0.2) is 0 Å². The summed E-state index contributed by atoms with van der Waals surface area (Å²) in [5, 5.41) is 3.31. The van der Waals surface area contributed by atoms with Crippen molar-refractivity contribution in [3.8, 4) is 0 Å². The van der Waals surface area contributed by atoms with Crippen molar-refractivity contribution in [3.05, 3.63) is 0 Å². The lowest BCUT2D eigenvalue weighted by molar-refractivity contribution is 0.147. The maximum absolute atomic E-state index is 3.31. The number of hydrogen-bond donors (Lipinski definition) is 1. The molecule has 0 bridgehead atoms. The molecule has 1 heterocycles. The molecule has 15 heavy (non-hydrogen) atoms. The summed E-state index contributed by atoms with van der Waals surface area (Å²) >= 11 is 0. The second-order valence-electron chi connectivity index (χ2n) is 4.92. The highest BCUT2D eigenvalue weighted by Gasteiger charge is 2.29. The van der Waals surface area contributed by atoms with E-state index in [4.69, 9.17) is 0 Å². The van der Waals surface area contributed by atoms with Gasteiger partial charge in [0, 0.05) is 25.2 Å². The standard InChI is InChI=1S/C12H27N3/c1-5-11(9-13-2)15-8-6-7-12(15)10-14(3)4/h11-13H,5-10H2,1-4H3. The largest absolute Gasteiger partial charge is 0.318 e.